The summed E-state index contributed by atoms with van der Waals surface area (Å²) in [6.07, 6.45) is 0. The van der Waals surface area contributed by atoms with E-state index < -0.39 is 0 Å². The molecule has 2 aromatic rings. The predicted octanol–water partition coefficient (Wildman–Crippen LogP) is 4.49. The van der Waals surface area contributed by atoms with Crippen molar-refractivity contribution in [3.63, 3.8) is 0 Å². The van der Waals surface area contributed by atoms with E-state index in [0.29, 0.717) is 4.58 Å². The molecule has 1 aliphatic rings. The second-order valence-corrected chi connectivity index (χ2v) is 8.04. The number of hydrogen-bond acceptors (Lipinski definition) is 4. The maximum Gasteiger partial charge on any atom is 0.262 e. The zero-order valence-electron chi connectivity index (χ0n) is 13.0. The zero-order valence-corrected chi connectivity index (χ0v) is 14.6. The summed E-state index contributed by atoms with van der Waals surface area (Å²) >= 11 is 3.86. The number of nitrogens with one attached hydrogen (secondary N) is 1. The van der Waals surface area contributed by atoms with Gasteiger partial charge in [0.05, 0.1) is 4.58 Å². The topological polar surface area (TPSA) is 38.3 Å². The summed E-state index contributed by atoms with van der Waals surface area (Å²) in [5, 5.41) is 2.87. The van der Waals surface area contributed by atoms with Crippen LogP contribution in [0.1, 0.15) is 15.7 Å². The quantitative estimate of drug-likeness (QED) is 0.866. The number of carbonyl (C=O) groups excluding carboxylic acids is 1. The summed E-state index contributed by atoms with van der Waals surface area (Å²) in [5.74, 6) is 2.99. The van der Waals surface area contributed by atoms with E-state index >= 15 is 0 Å². The van der Waals surface area contributed by atoms with Crippen molar-refractivity contribution in [3.8, 4) is 5.75 Å². The van der Waals surface area contributed by atoms with Gasteiger partial charge in [0.2, 0.25) is 0 Å². The van der Waals surface area contributed by atoms with Crippen LogP contribution in [0.5, 0.6) is 5.75 Å². The molecule has 1 heterocycles. The largest absolute Gasteiger partial charge is 0.483 e. The van der Waals surface area contributed by atoms with Crippen molar-refractivity contribution in [2.75, 3.05) is 23.4 Å². The fraction of sp³-hybridized carbons (Fsp3) is 0.278. The van der Waals surface area contributed by atoms with Gasteiger partial charge < -0.3 is 10.1 Å². The van der Waals surface area contributed by atoms with Crippen molar-refractivity contribution >= 4 is 35.1 Å². The normalized spacial score (nSPS) is 14.7. The molecule has 5 heteroatoms. The minimum absolute atomic E-state index is 0.0208. The number of aryl methyl sites for hydroxylation is 1. The first kappa shape index (κ1) is 16.3. The highest BCUT2D eigenvalue weighted by atomic mass is 32.2. The number of amides is 1. The number of ether oxygens (including phenoxy) is 1. The molecular formula is C18H19NO2S2. The Morgan fingerprint density at radius 3 is 2.74 bits per heavy atom. The van der Waals surface area contributed by atoms with Crippen LogP contribution in [0, 0.1) is 6.92 Å². The van der Waals surface area contributed by atoms with Gasteiger partial charge in [-0.05, 0) is 30.7 Å². The first-order chi connectivity index (χ1) is 11.2. The Morgan fingerprint density at radius 2 is 1.96 bits per heavy atom. The van der Waals surface area contributed by atoms with Crippen LogP contribution in [0.2, 0.25) is 0 Å². The molecule has 1 N–H and O–H groups in total. The number of carbonyl (C=O) groups is 1. The molecule has 3 nitrogen and oxygen atoms in total. The van der Waals surface area contributed by atoms with Gasteiger partial charge in [-0.2, -0.15) is 0 Å². The second-order valence-electron chi connectivity index (χ2n) is 5.32. The molecule has 0 atom stereocenters. The summed E-state index contributed by atoms with van der Waals surface area (Å²) < 4.78 is 6.18. The number of hydrogen-bond donors (Lipinski definition) is 1. The average Bonchev–Trinajstić information content (AvgIpc) is 3.07. The van der Waals surface area contributed by atoms with Crippen molar-refractivity contribution in [2.45, 2.75) is 11.5 Å². The molecule has 0 bridgehead atoms. The van der Waals surface area contributed by atoms with Gasteiger partial charge in [0.25, 0.3) is 5.91 Å². The molecule has 0 aliphatic carbocycles. The third kappa shape index (κ3) is 4.45. The Kier molecular flexibility index (Phi) is 5.51. The molecule has 0 spiro atoms. The zero-order chi connectivity index (χ0) is 16.1. The predicted molar refractivity (Wildman–Crippen MR) is 99.4 cm³/mol. The molecule has 2 aromatic carbocycles. The molecule has 1 amide bonds. The van der Waals surface area contributed by atoms with E-state index in [-0.39, 0.29) is 12.5 Å². The first-order valence-corrected chi connectivity index (χ1v) is 9.63. The first-order valence-electron chi connectivity index (χ1n) is 7.54. The second kappa shape index (κ2) is 7.79. The van der Waals surface area contributed by atoms with Crippen LogP contribution in [-0.2, 0) is 4.79 Å². The van der Waals surface area contributed by atoms with Gasteiger partial charge in [-0.25, -0.2) is 0 Å². The molecule has 1 saturated heterocycles. The van der Waals surface area contributed by atoms with Crippen molar-refractivity contribution in [2.24, 2.45) is 0 Å². The lowest BCUT2D eigenvalue weighted by Crippen LogP contribution is -2.20. The van der Waals surface area contributed by atoms with E-state index in [1.54, 1.807) is 0 Å². The molecular weight excluding hydrogens is 326 g/mol. The van der Waals surface area contributed by atoms with Crippen LogP contribution >= 0.6 is 23.5 Å². The molecule has 1 aliphatic heterocycles. The van der Waals surface area contributed by atoms with Gasteiger partial charge in [-0.1, -0.05) is 30.3 Å². The van der Waals surface area contributed by atoms with Gasteiger partial charge >= 0.3 is 0 Å². The van der Waals surface area contributed by atoms with Gasteiger partial charge in [0, 0.05) is 22.8 Å². The van der Waals surface area contributed by atoms with Crippen molar-refractivity contribution in [1.29, 1.82) is 0 Å². The molecule has 0 unspecified atom stereocenters. The van der Waals surface area contributed by atoms with Crippen LogP contribution in [0.25, 0.3) is 0 Å². The lowest BCUT2D eigenvalue weighted by molar-refractivity contribution is -0.118. The van der Waals surface area contributed by atoms with Crippen molar-refractivity contribution < 1.29 is 9.53 Å². The highest BCUT2D eigenvalue weighted by molar-refractivity contribution is 8.19. The maximum atomic E-state index is 12.1. The third-order valence-corrected chi connectivity index (χ3v) is 6.52. The van der Waals surface area contributed by atoms with E-state index in [1.165, 1.54) is 5.56 Å². The number of thioether (sulfide) groups is 2. The number of rotatable bonds is 5. The summed E-state index contributed by atoms with van der Waals surface area (Å²) in [4.78, 5) is 12.1. The summed E-state index contributed by atoms with van der Waals surface area (Å²) in [6, 6.07) is 15.7. The molecule has 3 rings (SSSR count). The minimum Gasteiger partial charge on any atom is -0.483 e. The summed E-state index contributed by atoms with van der Waals surface area (Å²) in [5.41, 5.74) is 3.08. The van der Waals surface area contributed by atoms with Gasteiger partial charge in [0.1, 0.15) is 5.75 Å². The molecule has 0 radical (unpaired) electrons. The highest BCUT2D eigenvalue weighted by Crippen LogP contribution is 2.48. The standard InChI is InChI=1S/C18H19NO2S2/c1-13-5-4-6-14(11-13)19-17(20)12-21-16-8-3-2-7-15(16)18-22-9-10-23-18/h2-8,11,18H,9-10,12H2,1H3,(H,19,20). The molecule has 0 aromatic heterocycles. The fourth-order valence-corrected chi connectivity index (χ4v) is 5.32. The van der Waals surface area contributed by atoms with Crippen molar-refractivity contribution in [3.05, 3.63) is 59.7 Å². The number of anilines is 1. The van der Waals surface area contributed by atoms with Gasteiger partial charge in [0.15, 0.2) is 6.61 Å². The lowest BCUT2D eigenvalue weighted by Gasteiger charge is -2.15. The fourth-order valence-electron chi connectivity index (χ4n) is 2.41. The van der Waals surface area contributed by atoms with Gasteiger partial charge in [-0.15, -0.1) is 23.5 Å². The lowest BCUT2D eigenvalue weighted by atomic mass is 10.2. The van der Waals surface area contributed by atoms with Crippen LogP contribution in [0.15, 0.2) is 48.5 Å². The third-order valence-electron chi connectivity index (χ3n) is 3.46. The molecule has 1 fully saturated rings. The highest BCUT2D eigenvalue weighted by Gasteiger charge is 2.21. The Labute approximate surface area is 145 Å². The van der Waals surface area contributed by atoms with E-state index in [4.69, 9.17) is 4.74 Å². The number of para-hydroxylation sites is 1. The van der Waals surface area contributed by atoms with Crippen molar-refractivity contribution in [1.82, 2.24) is 0 Å². The van der Waals surface area contributed by atoms with E-state index in [0.717, 1.165) is 28.5 Å². The molecule has 120 valence electrons. The monoisotopic (exact) mass is 345 g/mol. The Bertz CT molecular complexity index is 684. The smallest absolute Gasteiger partial charge is 0.262 e. The minimum atomic E-state index is -0.142. The Hall–Kier alpha value is -1.59. The van der Waals surface area contributed by atoms with Crippen LogP contribution in [0.3, 0.4) is 0 Å². The van der Waals surface area contributed by atoms with Gasteiger partial charge in [-0.3, -0.25) is 4.79 Å². The van der Waals surface area contributed by atoms with E-state index in [9.17, 15) is 4.79 Å². The Balaban J connectivity index is 1.61. The average molecular weight is 345 g/mol. The molecule has 23 heavy (non-hydrogen) atoms. The summed E-state index contributed by atoms with van der Waals surface area (Å²) in [6.45, 7) is 2.02. The number of benzene rings is 2. The Morgan fingerprint density at radius 1 is 1.17 bits per heavy atom. The maximum absolute atomic E-state index is 12.1. The van der Waals surface area contributed by atoms with Crippen LogP contribution in [-0.4, -0.2) is 24.0 Å². The van der Waals surface area contributed by atoms with Crippen LogP contribution in [0.4, 0.5) is 5.69 Å². The van der Waals surface area contributed by atoms with E-state index in [2.05, 4.69) is 11.4 Å². The SMILES string of the molecule is Cc1cccc(NC(=O)COc2ccccc2C2SCCS2)c1. The molecule has 0 saturated carbocycles. The summed E-state index contributed by atoms with van der Waals surface area (Å²) in [7, 11) is 0. The van der Waals surface area contributed by atoms with E-state index in [1.807, 2.05) is 72.9 Å². The van der Waals surface area contributed by atoms with Crippen LogP contribution < -0.4 is 10.1 Å².